The third-order valence-corrected chi connectivity index (χ3v) is 8.10. The van der Waals surface area contributed by atoms with Gasteiger partial charge < -0.3 is 19.9 Å². The minimum absolute atomic E-state index is 0.0630. The Morgan fingerprint density at radius 3 is 2.66 bits per heavy atom. The van der Waals surface area contributed by atoms with Gasteiger partial charge >= 0.3 is 0 Å². The Labute approximate surface area is 213 Å². The number of H-pyrrole nitrogens is 1. The van der Waals surface area contributed by atoms with Crippen LogP contribution in [0.25, 0.3) is 10.9 Å². The first-order chi connectivity index (χ1) is 16.6. The molecule has 0 amide bonds. The van der Waals surface area contributed by atoms with E-state index in [0.717, 1.165) is 48.0 Å². The number of aliphatic hydroxyl groups is 2. The van der Waals surface area contributed by atoms with Crippen LogP contribution in [-0.2, 0) is 0 Å². The van der Waals surface area contributed by atoms with Gasteiger partial charge in [-0.3, -0.25) is 4.90 Å². The highest BCUT2D eigenvalue weighted by Gasteiger charge is 2.36. The Balaban J connectivity index is 0.000000623. The van der Waals surface area contributed by atoms with E-state index in [2.05, 4.69) is 62.4 Å². The summed E-state index contributed by atoms with van der Waals surface area (Å²) in [7, 11) is 0. The number of ether oxygens (including phenoxy) is 1. The molecule has 2 aromatic heterocycles. The van der Waals surface area contributed by atoms with Crippen LogP contribution in [0.3, 0.4) is 0 Å². The van der Waals surface area contributed by atoms with Gasteiger partial charge in [-0.2, -0.15) is 0 Å². The maximum atomic E-state index is 10.7. The summed E-state index contributed by atoms with van der Waals surface area (Å²) in [5.41, 5.74) is 3.66. The van der Waals surface area contributed by atoms with Crippen LogP contribution in [0.4, 0.5) is 0 Å². The van der Waals surface area contributed by atoms with Crippen molar-refractivity contribution in [2.24, 2.45) is 0 Å². The first-order valence-electron chi connectivity index (χ1n) is 12.3. The number of fused-ring (bicyclic) bond motifs is 1. The average Bonchev–Trinajstić information content (AvgIpc) is 3.35. The molecular formula is C29H40N2O3S. The van der Waals surface area contributed by atoms with E-state index in [9.17, 15) is 5.11 Å². The third-order valence-electron chi connectivity index (χ3n) is 6.78. The highest BCUT2D eigenvalue weighted by Crippen LogP contribution is 2.41. The number of aliphatic hydroxyl groups excluding tert-OH is 2. The molecule has 4 rings (SSSR count). The first-order valence-corrected chi connectivity index (χ1v) is 13.1. The monoisotopic (exact) mass is 496 g/mol. The number of piperidine rings is 1. The summed E-state index contributed by atoms with van der Waals surface area (Å²) in [6, 6.07) is 10.5. The van der Waals surface area contributed by atoms with Crippen molar-refractivity contribution in [1.82, 2.24) is 9.88 Å². The predicted octanol–water partition coefficient (Wildman–Crippen LogP) is 6.80. The summed E-state index contributed by atoms with van der Waals surface area (Å²) in [6.07, 6.45) is 5.65. The topological polar surface area (TPSA) is 68.7 Å². The summed E-state index contributed by atoms with van der Waals surface area (Å²) >= 11 is 1.95. The van der Waals surface area contributed by atoms with Crippen LogP contribution in [0.5, 0.6) is 5.75 Å². The number of nitrogens with zero attached hydrogens (tertiary/aromatic N) is 1. The van der Waals surface area contributed by atoms with Crippen molar-refractivity contribution in [2.45, 2.75) is 65.0 Å². The van der Waals surface area contributed by atoms with E-state index >= 15 is 0 Å². The number of hydrogen-bond acceptors (Lipinski definition) is 5. The quantitative estimate of drug-likeness (QED) is 0.249. The smallest absolute Gasteiger partial charge is 0.128 e. The van der Waals surface area contributed by atoms with Crippen LogP contribution < -0.4 is 4.74 Å². The molecule has 5 nitrogen and oxygen atoms in total. The van der Waals surface area contributed by atoms with E-state index in [1.54, 1.807) is 0 Å². The number of aryl methyl sites for hydroxylation is 3. The van der Waals surface area contributed by atoms with Crippen LogP contribution in [0.15, 0.2) is 55.3 Å². The van der Waals surface area contributed by atoms with Crippen molar-refractivity contribution >= 4 is 22.2 Å². The molecule has 0 saturated carbocycles. The second-order valence-electron chi connectivity index (χ2n) is 10.0. The molecule has 3 N–H and O–H groups in total. The lowest BCUT2D eigenvalue weighted by atomic mass is 9.81. The van der Waals surface area contributed by atoms with Crippen molar-refractivity contribution < 1.29 is 14.9 Å². The molecule has 1 saturated heterocycles. The minimum atomic E-state index is -0.512. The summed E-state index contributed by atoms with van der Waals surface area (Å²) < 4.78 is 6.02. The second kappa shape index (κ2) is 11.9. The van der Waals surface area contributed by atoms with E-state index in [1.165, 1.54) is 27.5 Å². The van der Waals surface area contributed by atoms with Crippen LogP contribution in [0.1, 0.15) is 53.6 Å². The van der Waals surface area contributed by atoms with E-state index in [0.29, 0.717) is 19.1 Å². The number of hydrogen-bond donors (Lipinski definition) is 3. The van der Waals surface area contributed by atoms with Crippen molar-refractivity contribution in [3.05, 3.63) is 76.3 Å². The molecule has 0 spiro atoms. The molecule has 35 heavy (non-hydrogen) atoms. The van der Waals surface area contributed by atoms with Crippen LogP contribution >= 0.6 is 11.3 Å². The SMILES string of the molecule is C=C/C=C/O.Cc1cc2c(OCC(O)CN3CCC(c4cc(C)c(C)s4)CC3(C)C)cccc2[nH]1. The Hall–Kier alpha value is -2.54. The number of nitrogens with one attached hydrogen (secondary N) is 1. The van der Waals surface area contributed by atoms with Gasteiger partial charge in [-0.05, 0) is 95.8 Å². The van der Waals surface area contributed by atoms with Crippen molar-refractivity contribution in [3.63, 3.8) is 0 Å². The first kappa shape index (κ1) is 27.1. The van der Waals surface area contributed by atoms with Gasteiger partial charge in [0.15, 0.2) is 0 Å². The summed E-state index contributed by atoms with van der Waals surface area (Å²) in [5.74, 6) is 1.45. The standard InChI is InChI=1S/C25H34N2O2S.C4H6O/c1-16-11-24(30-18(16)3)19-9-10-27(25(4,5)13-19)14-20(28)15-29-23-8-6-7-22-21(23)12-17(2)26-22;1-2-3-4-5/h6-8,11-12,19-20,26,28H,9-10,13-15H2,1-5H3;2-5H,1H2/b;4-3+. The van der Waals surface area contributed by atoms with Gasteiger partial charge in [0.25, 0.3) is 0 Å². The minimum Gasteiger partial charge on any atom is -0.516 e. The van der Waals surface area contributed by atoms with Gasteiger partial charge in [-0.1, -0.05) is 18.7 Å². The van der Waals surface area contributed by atoms with Gasteiger partial charge in [0.05, 0.1) is 6.26 Å². The number of benzene rings is 1. The number of β-amino-alcohol motifs (C(OH)–C–C–N with tert-alkyl or cyclic N) is 1. The molecule has 0 aliphatic carbocycles. The van der Waals surface area contributed by atoms with Crippen molar-refractivity contribution in [2.75, 3.05) is 19.7 Å². The number of likely N-dealkylation sites (tertiary alicyclic amines) is 1. The number of aromatic amines is 1. The Morgan fingerprint density at radius 2 is 2.06 bits per heavy atom. The number of allylic oxidation sites excluding steroid dienone is 2. The van der Waals surface area contributed by atoms with Gasteiger partial charge in [0, 0.05) is 38.4 Å². The lowest BCUT2D eigenvalue weighted by Crippen LogP contribution is -2.52. The fourth-order valence-electron chi connectivity index (χ4n) is 4.78. The molecule has 3 aromatic rings. The molecule has 2 atom stereocenters. The fraction of sp³-hybridized carbons (Fsp3) is 0.448. The zero-order chi connectivity index (χ0) is 25.6. The Bertz CT molecular complexity index is 1120. The summed E-state index contributed by atoms with van der Waals surface area (Å²) in [4.78, 5) is 8.73. The molecule has 1 aliphatic heterocycles. The molecule has 1 aliphatic rings. The Kier molecular flexibility index (Phi) is 9.22. The van der Waals surface area contributed by atoms with Crippen LogP contribution in [0, 0.1) is 20.8 Å². The summed E-state index contributed by atoms with van der Waals surface area (Å²) in [5, 5.41) is 19.6. The molecule has 3 heterocycles. The maximum absolute atomic E-state index is 10.7. The van der Waals surface area contributed by atoms with Gasteiger partial charge in [-0.15, -0.1) is 11.3 Å². The van der Waals surface area contributed by atoms with Gasteiger partial charge in [-0.25, -0.2) is 0 Å². The van der Waals surface area contributed by atoms with Crippen molar-refractivity contribution in [3.8, 4) is 5.75 Å². The van der Waals surface area contributed by atoms with E-state index in [1.807, 2.05) is 30.4 Å². The molecule has 2 unspecified atom stereocenters. The van der Waals surface area contributed by atoms with Gasteiger partial charge in [0.1, 0.15) is 18.5 Å². The third kappa shape index (κ3) is 7.00. The fourth-order valence-corrected chi connectivity index (χ4v) is 5.96. The average molecular weight is 497 g/mol. The molecular weight excluding hydrogens is 456 g/mol. The Morgan fingerprint density at radius 1 is 1.29 bits per heavy atom. The zero-order valence-corrected chi connectivity index (χ0v) is 22.5. The summed E-state index contributed by atoms with van der Waals surface area (Å²) in [6.45, 7) is 16.4. The highest BCUT2D eigenvalue weighted by molar-refractivity contribution is 7.12. The van der Waals surface area contributed by atoms with Crippen LogP contribution in [-0.4, -0.2) is 51.4 Å². The van der Waals surface area contributed by atoms with Gasteiger partial charge in [0.2, 0.25) is 0 Å². The lowest BCUT2D eigenvalue weighted by Gasteiger charge is -2.46. The largest absolute Gasteiger partial charge is 0.516 e. The second-order valence-corrected chi connectivity index (χ2v) is 11.3. The van der Waals surface area contributed by atoms with E-state index < -0.39 is 6.10 Å². The maximum Gasteiger partial charge on any atom is 0.128 e. The zero-order valence-electron chi connectivity index (χ0n) is 21.7. The molecule has 190 valence electrons. The number of rotatable bonds is 7. The normalized spacial score (nSPS) is 18.9. The number of aromatic nitrogens is 1. The predicted molar refractivity (Wildman–Crippen MR) is 148 cm³/mol. The molecule has 1 aromatic carbocycles. The molecule has 0 bridgehead atoms. The molecule has 0 radical (unpaired) electrons. The highest BCUT2D eigenvalue weighted by atomic mass is 32.1. The molecule has 6 heteroatoms. The van der Waals surface area contributed by atoms with E-state index in [-0.39, 0.29) is 5.54 Å². The van der Waals surface area contributed by atoms with Crippen molar-refractivity contribution in [1.29, 1.82) is 0 Å². The van der Waals surface area contributed by atoms with E-state index in [4.69, 9.17) is 9.84 Å². The lowest BCUT2D eigenvalue weighted by molar-refractivity contribution is 0.00395. The van der Waals surface area contributed by atoms with Crippen LogP contribution in [0.2, 0.25) is 0 Å². The number of thiophene rings is 1. The molecule has 1 fully saturated rings.